The molecule has 1 amide bonds. The number of thioether (sulfide) groups is 1. The summed E-state index contributed by atoms with van der Waals surface area (Å²) >= 11 is 1.17. The van der Waals surface area contributed by atoms with Gasteiger partial charge in [0.1, 0.15) is 11.6 Å². The van der Waals surface area contributed by atoms with Crippen LogP contribution in [0.15, 0.2) is 61.8 Å². The quantitative estimate of drug-likeness (QED) is 0.379. The molecule has 12 heteroatoms. The summed E-state index contributed by atoms with van der Waals surface area (Å²) in [4.78, 5) is 41.2. The van der Waals surface area contributed by atoms with Gasteiger partial charge in [0.2, 0.25) is 5.91 Å². The standard InChI is InChI=1S/C22H23N7O4S/c1-13-15(9-10-33-13)19-25-26-22(28(19)3)34-12-16(30)27(2)17-18(23)29(21(32)24-20(17)31)11-14-7-5-4-6-8-14/h4-10H,11-12,23H2,1-3H3,(H,24,31,32). The number of furan rings is 1. The Balaban J connectivity index is 1.54. The Morgan fingerprint density at radius 3 is 2.62 bits per heavy atom. The van der Waals surface area contributed by atoms with Crippen LogP contribution in [0.25, 0.3) is 11.4 Å². The number of aromatic amines is 1. The molecule has 3 heterocycles. The van der Waals surface area contributed by atoms with Crippen molar-refractivity contribution in [1.29, 1.82) is 0 Å². The van der Waals surface area contributed by atoms with Crippen LogP contribution in [-0.4, -0.2) is 43.0 Å². The molecule has 0 spiro atoms. The molecule has 0 bridgehead atoms. The van der Waals surface area contributed by atoms with Crippen LogP contribution < -0.4 is 21.9 Å². The number of carbonyl (C=O) groups is 1. The molecule has 11 nitrogen and oxygen atoms in total. The topological polar surface area (TPSA) is 145 Å². The zero-order valence-electron chi connectivity index (χ0n) is 18.8. The van der Waals surface area contributed by atoms with Crippen LogP contribution in [0.4, 0.5) is 11.5 Å². The monoisotopic (exact) mass is 481 g/mol. The maximum absolute atomic E-state index is 12.9. The molecule has 0 aliphatic carbocycles. The molecule has 3 N–H and O–H groups in total. The van der Waals surface area contributed by atoms with E-state index in [-0.39, 0.29) is 23.8 Å². The maximum atomic E-state index is 12.9. The van der Waals surface area contributed by atoms with Crippen LogP contribution in [0.5, 0.6) is 0 Å². The Morgan fingerprint density at radius 2 is 1.94 bits per heavy atom. The van der Waals surface area contributed by atoms with E-state index >= 15 is 0 Å². The molecule has 4 aromatic rings. The number of aromatic nitrogens is 5. The van der Waals surface area contributed by atoms with E-state index in [1.54, 1.807) is 23.9 Å². The van der Waals surface area contributed by atoms with Crippen LogP contribution in [-0.2, 0) is 18.4 Å². The third kappa shape index (κ3) is 4.39. The molecule has 0 unspecified atom stereocenters. The normalized spacial score (nSPS) is 11.0. The predicted octanol–water partition coefficient (Wildman–Crippen LogP) is 1.62. The molecule has 0 saturated carbocycles. The average molecular weight is 482 g/mol. The second kappa shape index (κ2) is 9.43. The van der Waals surface area contributed by atoms with E-state index in [1.165, 1.54) is 23.4 Å². The molecular weight excluding hydrogens is 458 g/mol. The van der Waals surface area contributed by atoms with Crippen molar-refractivity contribution in [2.24, 2.45) is 7.05 Å². The lowest BCUT2D eigenvalue weighted by molar-refractivity contribution is -0.115. The number of nitrogens with two attached hydrogens (primary N) is 1. The van der Waals surface area contributed by atoms with Crippen molar-refractivity contribution in [2.75, 3.05) is 23.4 Å². The van der Waals surface area contributed by atoms with E-state index in [2.05, 4.69) is 15.2 Å². The number of nitrogen functional groups attached to an aromatic ring is 1. The molecule has 1 aromatic carbocycles. The Kier molecular flexibility index (Phi) is 6.41. The van der Waals surface area contributed by atoms with E-state index in [4.69, 9.17) is 10.2 Å². The van der Waals surface area contributed by atoms with Crippen LogP contribution in [0.3, 0.4) is 0 Å². The first-order chi connectivity index (χ1) is 16.3. The van der Waals surface area contributed by atoms with Crippen LogP contribution >= 0.6 is 11.8 Å². The highest BCUT2D eigenvalue weighted by atomic mass is 32.2. The molecule has 0 atom stereocenters. The number of H-pyrrole nitrogens is 1. The number of aryl methyl sites for hydroxylation is 1. The van der Waals surface area contributed by atoms with Gasteiger partial charge < -0.3 is 19.6 Å². The fraction of sp³-hybridized carbons (Fsp3) is 0.227. The van der Waals surface area contributed by atoms with Crippen molar-refractivity contribution < 1.29 is 9.21 Å². The van der Waals surface area contributed by atoms with Crippen molar-refractivity contribution in [3.05, 3.63) is 74.8 Å². The highest BCUT2D eigenvalue weighted by molar-refractivity contribution is 7.99. The predicted molar refractivity (Wildman–Crippen MR) is 129 cm³/mol. The number of rotatable bonds is 7. The summed E-state index contributed by atoms with van der Waals surface area (Å²) in [5.41, 5.74) is 6.35. The van der Waals surface area contributed by atoms with Gasteiger partial charge in [0.05, 0.1) is 24.1 Å². The number of nitrogens with one attached hydrogen (secondary N) is 1. The van der Waals surface area contributed by atoms with E-state index in [0.29, 0.717) is 16.7 Å². The van der Waals surface area contributed by atoms with Gasteiger partial charge in [0.25, 0.3) is 5.56 Å². The highest BCUT2D eigenvalue weighted by Crippen LogP contribution is 2.26. The Bertz CT molecular complexity index is 1450. The summed E-state index contributed by atoms with van der Waals surface area (Å²) in [5, 5.41) is 8.86. The maximum Gasteiger partial charge on any atom is 0.330 e. The molecule has 3 aromatic heterocycles. The van der Waals surface area contributed by atoms with Gasteiger partial charge in [0, 0.05) is 14.1 Å². The lowest BCUT2D eigenvalue weighted by Gasteiger charge is -2.20. The van der Waals surface area contributed by atoms with Crippen molar-refractivity contribution in [2.45, 2.75) is 18.6 Å². The Hall–Kier alpha value is -4.06. The van der Waals surface area contributed by atoms with Gasteiger partial charge in [-0.25, -0.2) is 4.79 Å². The van der Waals surface area contributed by atoms with Crippen molar-refractivity contribution in [1.82, 2.24) is 24.3 Å². The summed E-state index contributed by atoms with van der Waals surface area (Å²) in [6.45, 7) is 1.98. The number of benzene rings is 1. The summed E-state index contributed by atoms with van der Waals surface area (Å²) in [7, 11) is 3.23. The molecule has 0 aliphatic rings. The number of carbonyl (C=O) groups excluding carboxylic acids is 1. The van der Waals surface area contributed by atoms with E-state index in [9.17, 15) is 14.4 Å². The smallest absolute Gasteiger partial charge is 0.330 e. The van der Waals surface area contributed by atoms with Gasteiger partial charge in [-0.2, -0.15) is 0 Å². The number of hydrogen-bond donors (Lipinski definition) is 2. The summed E-state index contributed by atoms with van der Waals surface area (Å²) in [6, 6.07) is 11.0. The van der Waals surface area contributed by atoms with Gasteiger partial charge in [-0.3, -0.25) is 19.1 Å². The third-order valence-corrected chi connectivity index (χ3v) is 6.37. The lowest BCUT2D eigenvalue weighted by Crippen LogP contribution is -2.40. The molecule has 0 saturated heterocycles. The first-order valence-corrected chi connectivity index (χ1v) is 11.3. The first-order valence-electron chi connectivity index (χ1n) is 10.3. The van der Waals surface area contributed by atoms with E-state index in [1.807, 2.05) is 37.3 Å². The minimum Gasteiger partial charge on any atom is -0.469 e. The zero-order chi connectivity index (χ0) is 24.4. The first kappa shape index (κ1) is 23.1. The lowest BCUT2D eigenvalue weighted by atomic mass is 10.2. The second-order valence-electron chi connectivity index (χ2n) is 7.56. The molecule has 0 aliphatic heterocycles. The fourth-order valence-electron chi connectivity index (χ4n) is 3.46. The van der Waals surface area contributed by atoms with Crippen molar-refractivity contribution >= 4 is 29.2 Å². The minimum absolute atomic E-state index is 0.0243. The minimum atomic E-state index is -0.732. The summed E-state index contributed by atoms with van der Waals surface area (Å²) in [5.74, 6) is 0.821. The van der Waals surface area contributed by atoms with Gasteiger partial charge in [-0.15, -0.1) is 10.2 Å². The zero-order valence-corrected chi connectivity index (χ0v) is 19.6. The van der Waals surface area contributed by atoms with Crippen LogP contribution in [0.1, 0.15) is 11.3 Å². The van der Waals surface area contributed by atoms with Gasteiger partial charge >= 0.3 is 5.69 Å². The van der Waals surface area contributed by atoms with Crippen LogP contribution in [0.2, 0.25) is 0 Å². The molecule has 176 valence electrons. The summed E-state index contributed by atoms with van der Waals surface area (Å²) < 4.78 is 8.31. The number of nitrogens with zero attached hydrogens (tertiary/aromatic N) is 5. The molecule has 0 fully saturated rings. The second-order valence-corrected chi connectivity index (χ2v) is 8.50. The molecule has 0 radical (unpaired) electrons. The Morgan fingerprint density at radius 1 is 1.21 bits per heavy atom. The molecule has 34 heavy (non-hydrogen) atoms. The molecule has 4 rings (SSSR count). The van der Waals surface area contributed by atoms with E-state index in [0.717, 1.165) is 16.0 Å². The number of hydrogen-bond acceptors (Lipinski definition) is 8. The van der Waals surface area contributed by atoms with Crippen molar-refractivity contribution in [3.8, 4) is 11.4 Å². The van der Waals surface area contributed by atoms with Gasteiger partial charge in [-0.1, -0.05) is 42.1 Å². The highest BCUT2D eigenvalue weighted by Gasteiger charge is 2.22. The van der Waals surface area contributed by atoms with Crippen molar-refractivity contribution in [3.63, 3.8) is 0 Å². The van der Waals surface area contributed by atoms with Gasteiger partial charge in [0.15, 0.2) is 16.7 Å². The number of anilines is 2. The third-order valence-electron chi connectivity index (χ3n) is 5.37. The average Bonchev–Trinajstić information content (AvgIpc) is 3.40. The number of amides is 1. The Labute approximate surface area is 198 Å². The van der Waals surface area contributed by atoms with Crippen LogP contribution in [0, 0.1) is 6.92 Å². The molecular formula is C22H23N7O4S. The van der Waals surface area contributed by atoms with Gasteiger partial charge in [-0.05, 0) is 18.6 Å². The SMILES string of the molecule is Cc1occc1-c1nnc(SCC(=O)N(C)c2c(N)n(Cc3ccccc3)c(=O)[nH]c2=O)n1C. The fourth-order valence-corrected chi connectivity index (χ4v) is 4.29. The largest absolute Gasteiger partial charge is 0.469 e. The summed E-state index contributed by atoms with van der Waals surface area (Å²) in [6.07, 6.45) is 1.57. The van der Waals surface area contributed by atoms with E-state index < -0.39 is 17.2 Å².